The largest absolute Gasteiger partial charge is 0.488 e. The molecule has 1 aliphatic rings. The smallest absolute Gasteiger partial charge is 0.275 e. The molecule has 2 aromatic rings. The molecular formula is C17H19N7O3. The van der Waals surface area contributed by atoms with Gasteiger partial charge in [-0.2, -0.15) is 5.26 Å². The highest BCUT2D eigenvalue weighted by molar-refractivity contribution is 5.94. The Hall–Kier alpha value is -3.29. The van der Waals surface area contributed by atoms with Crippen LogP contribution in [0.15, 0.2) is 24.4 Å². The van der Waals surface area contributed by atoms with Crippen molar-refractivity contribution >= 4 is 17.4 Å². The summed E-state index contributed by atoms with van der Waals surface area (Å²) in [5, 5.41) is 25.5. The Kier molecular flexibility index (Phi) is 6.09. The maximum absolute atomic E-state index is 12.0. The minimum absolute atomic E-state index is 0.0878. The highest BCUT2D eigenvalue weighted by atomic mass is 16.5. The normalized spacial score (nSPS) is 16.2. The van der Waals surface area contributed by atoms with Crippen LogP contribution in [0.25, 0.3) is 0 Å². The highest BCUT2D eigenvalue weighted by Crippen LogP contribution is 2.22. The van der Waals surface area contributed by atoms with Gasteiger partial charge in [0, 0.05) is 26.2 Å². The average Bonchev–Trinajstić information content (AvgIpc) is 2.73. The molecule has 10 heteroatoms. The van der Waals surface area contributed by atoms with E-state index in [4.69, 9.17) is 14.7 Å². The quantitative estimate of drug-likeness (QED) is 0.653. The van der Waals surface area contributed by atoms with Crippen LogP contribution < -0.4 is 20.7 Å². The lowest BCUT2D eigenvalue weighted by atomic mass is 10.3. The first-order chi connectivity index (χ1) is 13.2. The number of pyridine rings is 1. The first kappa shape index (κ1) is 18.5. The van der Waals surface area contributed by atoms with Gasteiger partial charge in [0.2, 0.25) is 0 Å². The molecule has 1 fully saturated rings. The maximum Gasteiger partial charge on any atom is 0.275 e. The molecule has 10 nitrogen and oxygen atoms in total. The summed E-state index contributed by atoms with van der Waals surface area (Å²) in [6, 6.07) is 6.82. The lowest BCUT2D eigenvalue weighted by Gasteiger charge is -2.24. The van der Waals surface area contributed by atoms with E-state index in [0.29, 0.717) is 36.1 Å². The SMILES string of the molecule is CNC(=O)c1nnc(Nc2ccc(C#N)nc2)cc1OCC1CNCCO1. The third kappa shape index (κ3) is 4.87. The van der Waals surface area contributed by atoms with Crippen LogP contribution >= 0.6 is 0 Å². The number of hydrogen-bond donors (Lipinski definition) is 3. The lowest BCUT2D eigenvalue weighted by Crippen LogP contribution is -2.41. The maximum atomic E-state index is 12.0. The second-order valence-electron chi connectivity index (χ2n) is 5.70. The molecule has 0 bridgehead atoms. The van der Waals surface area contributed by atoms with Crippen molar-refractivity contribution in [2.75, 3.05) is 38.7 Å². The summed E-state index contributed by atoms with van der Waals surface area (Å²) in [5.41, 5.74) is 1.03. The first-order valence-electron chi connectivity index (χ1n) is 8.37. The number of rotatable bonds is 6. The fraction of sp³-hybridized carbons (Fsp3) is 0.353. The van der Waals surface area contributed by atoms with E-state index in [2.05, 4.69) is 31.1 Å². The molecule has 1 saturated heterocycles. The summed E-state index contributed by atoms with van der Waals surface area (Å²) in [6.07, 6.45) is 1.40. The predicted molar refractivity (Wildman–Crippen MR) is 95.8 cm³/mol. The number of carbonyl (C=O) groups is 1. The molecule has 0 aromatic carbocycles. The van der Waals surface area contributed by atoms with Gasteiger partial charge in [0.05, 0.1) is 18.5 Å². The summed E-state index contributed by atoms with van der Waals surface area (Å²) in [6.45, 7) is 2.38. The van der Waals surface area contributed by atoms with Crippen LogP contribution in [0.4, 0.5) is 11.5 Å². The summed E-state index contributed by atoms with van der Waals surface area (Å²) >= 11 is 0. The molecule has 3 heterocycles. The van der Waals surface area contributed by atoms with Crippen molar-refractivity contribution in [2.24, 2.45) is 0 Å². The van der Waals surface area contributed by atoms with Gasteiger partial charge in [-0.25, -0.2) is 4.98 Å². The summed E-state index contributed by atoms with van der Waals surface area (Å²) in [4.78, 5) is 16.0. The second-order valence-corrected chi connectivity index (χ2v) is 5.70. The molecule has 27 heavy (non-hydrogen) atoms. The molecule has 3 rings (SSSR count). The number of ether oxygens (including phenoxy) is 2. The summed E-state index contributed by atoms with van der Waals surface area (Å²) < 4.78 is 11.4. The Labute approximate surface area is 155 Å². The minimum atomic E-state index is -0.397. The van der Waals surface area contributed by atoms with Crippen LogP contribution in [0.3, 0.4) is 0 Å². The van der Waals surface area contributed by atoms with Gasteiger partial charge in [-0.3, -0.25) is 4.79 Å². The van der Waals surface area contributed by atoms with Crippen LogP contribution in [0.1, 0.15) is 16.2 Å². The van der Waals surface area contributed by atoms with Gasteiger partial charge in [-0.05, 0) is 12.1 Å². The first-order valence-corrected chi connectivity index (χ1v) is 8.37. The standard InChI is InChI=1S/C17H19N7O3/c1-19-17(25)16-14(27-10-13-9-20-4-5-26-13)6-15(23-24-16)22-12-3-2-11(7-18)21-8-12/h2-3,6,8,13,20H,4-5,9-10H2,1H3,(H,19,25)(H,22,23). The topological polar surface area (TPSA) is 134 Å². The third-order valence-corrected chi connectivity index (χ3v) is 3.78. The lowest BCUT2D eigenvalue weighted by molar-refractivity contribution is -0.0000825. The monoisotopic (exact) mass is 369 g/mol. The van der Waals surface area contributed by atoms with Crippen molar-refractivity contribution in [3.05, 3.63) is 35.8 Å². The van der Waals surface area contributed by atoms with Gasteiger partial charge >= 0.3 is 0 Å². The Bertz CT molecular complexity index is 829. The molecule has 3 N–H and O–H groups in total. The molecule has 1 unspecified atom stereocenters. The molecule has 0 radical (unpaired) electrons. The predicted octanol–water partition coefficient (Wildman–Crippen LogP) is 0.214. The third-order valence-electron chi connectivity index (χ3n) is 3.78. The van der Waals surface area contributed by atoms with Gasteiger partial charge in [-0.15, -0.1) is 10.2 Å². The molecule has 1 aliphatic heterocycles. The Morgan fingerprint density at radius 3 is 3.04 bits per heavy atom. The molecule has 140 valence electrons. The van der Waals surface area contributed by atoms with E-state index in [-0.39, 0.29) is 18.4 Å². The van der Waals surface area contributed by atoms with Crippen LogP contribution in [0.2, 0.25) is 0 Å². The fourth-order valence-corrected chi connectivity index (χ4v) is 2.41. The number of morpholine rings is 1. The average molecular weight is 369 g/mol. The Morgan fingerprint density at radius 2 is 2.37 bits per heavy atom. The van der Waals surface area contributed by atoms with E-state index >= 15 is 0 Å². The molecular weight excluding hydrogens is 350 g/mol. The zero-order valence-corrected chi connectivity index (χ0v) is 14.7. The molecule has 0 saturated carbocycles. The van der Waals surface area contributed by atoms with E-state index in [1.54, 1.807) is 18.2 Å². The zero-order valence-electron chi connectivity index (χ0n) is 14.7. The molecule has 1 atom stereocenters. The van der Waals surface area contributed by atoms with Gasteiger partial charge in [0.1, 0.15) is 24.5 Å². The number of aromatic nitrogens is 3. The van der Waals surface area contributed by atoms with Crippen LogP contribution in [0.5, 0.6) is 5.75 Å². The van der Waals surface area contributed by atoms with E-state index < -0.39 is 5.91 Å². The van der Waals surface area contributed by atoms with E-state index in [1.807, 2.05) is 6.07 Å². The van der Waals surface area contributed by atoms with E-state index in [1.165, 1.54) is 13.2 Å². The number of carbonyl (C=O) groups excluding carboxylic acids is 1. The van der Waals surface area contributed by atoms with Crippen LogP contribution in [-0.2, 0) is 4.74 Å². The Morgan fingerprint density at radius 1 is 1.48 bits per heavy atom. The molecule has 0 spiro atoms. The van der Waals surface area contributed by atoms with Crippen LogP contribution in [-0.4, -0.2) is 60.5 Å². The van der Waals surface area contributed by atoms with E-state index in [0.717, 1.165) is 6.54 Å². The van der Waals surface area contributed by atoms with Crippen molar-refractivity contribution in [3.8, 4) is 11.8 Å². The van der Waals surface area contributed by atoms with Crippen molar-refractivity contribution in [3.63, 3.8) is 0 Å². The van der Waals surface area contributed by atoms with Crippen molar-refractivity contribution in [1.29, 1.82) is 5.26 Å². The number of nitrogens with one attached hydrogen (secondary N) is 3. The van der Waals surface area contributed by atoms with Crippen molar-refractivity contribution in [1.82, 2.24) is 25.8 Å². The van der Waals surface area contributed by atoms with E-state index in [9.17, 15) is 4.79 Å². The zero-order chi connectivity index (χ0) is 19.1. The molecule has 0 aliphatic carbocycles. The molecule has 2 aromatic heterocycles. The van der Waals surface area contributed by atoms with Gasteiger partial charge in [-0.1, -0.05) is 0 Å². The second kappa shape index (κ2) is 8.88. The Balaban J connectivity index is 1.76. The highest BCUT2D eigenvalue weighted by Gasteiger charge is 2.19. The number of anilines is 2. The van der Waals surface area contributed by atoms with Crippen LogP contribution in [0, 0.1) is 11.3 Å². The van der Waals surface area contributed by atoms with Crippen molar-refractivity contribution < 1.29 is 14.3 Å². The number of hydrogen-bond acceptors (Lipinski definition) is 9. The summed E-state index contributed by atoms with van der Waals surface area (Å²) in [7, 11) is 1.51. The number of amides is 1. The number of nitrogens with zero attached hydrogens (tertiary/aromatic N) is 4. The summed E-state index contributed by atoms with van der Waals surface area (Å²) in [5.74, 6) is 0.279. The van der Waals surface area contributed by atoms with Crippen molar-refractivity contribution in [2.45, 2.75) is 6.10 Å². The minimum Gasteiger partial charge on any atom is -0.488 e. The van der Waals surface area contributed by atoms with Gasteiger partial charge in [0.15, 0.2) is 17.3 Å². The molecule has 1 amide bonds. The van der Waals surface area contributed by atoms with Gasteiger partial charge in [0.25, 0.3) is 5.91 Å². The van der Waals surface area contributed by atoms with Gasteiger partial charge < -0.3 is 25.4 Å². The fourth-order valence-electron chi connectivity index (χ4n) is 2.41. The number of nitriles is 1.